The Hall–Kier alpha value is -2.25. The van der Waals surface area contributed by atoms with Gasteiger partial charge in [-0.3, -0.25) is 14.5 Å². The summed E-state index contributed by atoms with van der Waals surface area (Å²) in [5, 5.41) is 7.35. The van der Waals surface area contributed by atoms with Gasteiger partial charge in [0.25, 0.3) is 0 Å². The number of nitrogens with zero attached hydrogens (tertiary/aromatic N) is 3. The molecule has 2 aromatic rings. The van der Waals surface area contributed by atoms with Gasteiger partial charge in [0.1, 0.15) is 0 Å². The number of hydrogen-bond acceptors (Lipinski definition) is 5. The van der Waals surface area contributed by atoms with Crippen LogP contribution in [-0.2, 0) is 27.2 Å². The highest BCUT2D eigenvalue weighted by Crippen LogP contribution is 2.42. The molecule has 1 saturated heterocycles. The van der Waals surface area contributed by atoms with Crippen LogP contribution in [0.15, 0.2) is 36.8 Å². The summed E-state index contributed by atoms with van der Waals surface area (Å²) in [6, 6.07) is 5.81. The molecule has 2 fully saturated rings. The van der Waals surface area contributed by atoms with Crippen molar-refractivity contribution in [3.8, 4) is 0 Å². The van der Waals surface area contributed by atoms with E-state index in [1.807, 2.05) is 29.1 Å². The number of amides is 1. The fraction of sp³-hybridized carbons (Fsp3) is 0.500. The molecule has 2 aliphatic rings. The smallest absolute Gasteiger partial charge is 0.234 e. The lowest BCUT2D eigenvalue weighted by atomic mass is 10.0. The monoisotopic (exact) mass is 342 g/mol. The minimum atomic E-state index is -0.714. The number of nitrogens with one attached hydrogen (secondary N) is 1. The van der Waals surface area contributed by atoms with Gasteiger partial charge in [-0.05, 0) is 37.0 Å². The van der Waals surface area contributed by atoms with E-state index in [0.717, 1.165) is 32.2 Å². The largest absolute Gasteiger partial charge is 0.347 e. The number of carbonyl (C=O) groups is 1. The Morgan fingerprint density at radius 2 is 2.08 bits per heavy atom. The molecule has 0 aromatic carbocycles. The molecule has 7 heteroatoms. The van der Waals surface area contributed by atoms with Gasteiger partial charge in [0.15, 0.2) is 11.6 Å². The van der Waals surface area contributed by atoms with Crippen molar-refractivity contribution in [2.75, 3.05) is 18.5 Å². The number of hydrogen-bond donors (Lipinski definition) is 1. The Balaban J connectivity index is 1.35. The lowest BCUT2D eigenvalue weighted by molar-refractivity contribution is -0.184. The third-order valence-electron chi connectivity index (χ3n) is 4.91. The molecule has 7 nitrogen and oxygen atoms in total. The molecule has 132 valence electrons. The van der Waals surface area contributed by atoms with Crippen molar-refractivity contribution in [2.45, 2.75) is 38.0 Å². The second kappa shape index (κ2) is 6.93. The summed E-state index contributed by atoms with van der Waals surface area (Å²) in [6.45, 7) is 1.88. The van der Waals surface area contributed by atoms with Gasteiger partial charge in [-0.1, -0.05) is 0 Å². The van der Waals surface area contributed by atoms with Crippen molar-refractivity contribution < 1.29 is 14.3 Å². The molecule has 1 aliphatic heterocycles. The van der Waals surface area contributed by atoms with E-state index in [1.54, 1.807) is 12.4 Å². The van der Waals surface area contributed by atoms with Gasteiger partial charge >= 0.3 is 0 Å². The van der Waals surface area contributed by atoms with Crippen LogP contribution in [0.25, 0.3) is 0 Å². The zero-order chi connectivity index (χ0) is 17.1. The van der Waals surface area contributed by atoms with Gasteiger partial charge in [0.2, 0.25) is 5.91 Å². The first-order chi connectivity index (χ1) is 12.3. The SMILES string of the molecule is O=C(Nc1ccn(CCc2ccncc2)n1)[C@H]1CCCC12OCCO2. The van der Waals surface area contributed by atoms with Crippen molar-refractivity contribution in [3.63, 3.8) is 0 Å². The highest BCUT2D eigenvalue weighted by Gasteiger charge is 2.51. The topological polar surface area (TPSA) is 78.3 Å². The van der Waals surface area contributed by atoms with E-state index >= 15 is 0 Å². The van der Waals surface area contributed by atoms with Crippen LogP contribution in [0, 0.1) is 5.92 Å². The molecule has 2 aromatic heterocycles. The van der Waals surface area contributed by atoms with Crippen LogP contribution in [0.4, 0.5) is 5.82 Å². The maximum Gasteiger partial charge on any atom is 0.234 e. The molecular weight excluding hydrogens is 320 g/mol. The van der Waals surface area contributed by atoms with E-state index in [1.165, 1.54) is 5.56 Å². The average Bonchev–Trinajstić information content (AvgIpc) is 3.37. The summed E-state index contributed by atoms with van der Waals surface area (Å²) < 4.78 is 13.3. The fourth-order valence-electron chi connectivity index (χ4n) is 3.65. The standard InChI is InChI=1S/C18H22N4O3/c23-17(15-2-1-7-18(15)24-12-13-25-18)20-16-6-11-22(21-16)10-5-14-3-8-19-9-4-14/h3-4,6,8-9,11,15H,1-2,5,7,10,12-13H2,(H,20,21,23)/t15-/m1/s1. The number of aryl methyl sites for hydroxylation is 2. The summed E-state index contributed by atoms with van der Waals surface area (Å²) in [4.78, 5) is 16.7. The van der Waals surface area contributed by atoms with E-state index in [2.05, 4.69) is 15.4 Å². The molecule has 0 radical (unpaired) electrons. The third kappa shape index (κ3) is 3.43. The van der Waals surface area contributed by atoms with E-state index in [4.69, 9.17) is 9.47 Å². The molecule has 4 rings (SSSR count). The molecule has 1 N–H and O–H groups in total. The molecule has 1 aliphatic carbocycles. The number of rotatable bonds is 5. The van der Waals surface area contributed by atoms with Crippen LogP contribution in [-0.4, -0.2) is 39.7 Å². The molecule has 0 bridgehead atoms. The molecule has 1 saturated carbocycles. The minimum Gasteiger partial charge on any atom is -0.347 e. The van der Waals surface area contributed by atoms with Gasteiger partial charge < -0.3 is 14.8 Å². The Bertz CT molecular complexity index is 719. The van der Waals surface area contributed by atoms with E-state index < -0.39 is 5.79 Å². The number of carbonyl (C=O) groups excluding carboxylic acids is 1. The quantitative estimate of drug-likeness (QED) is 0.899. The van der Waals surface area contributed by atoms with Crippen LogP contribution in [0.5, 0.6) is 0 Å². The highest BCUT2D eigenvalue weighted by molar-refractivity contribution is 5.92. The lowest BCUT2D eigenvalue weighted by Crippen LogP contribution is -2.41. The summed E-state index contributed by atoms with van der Waals surface area (Å²) in [5.74, 6) is -0.482. The molecule has 1 atom stereocenters. The average molecular weight is 342 g/mol. The number of pyridine rings is 1. The first-order valence-corrected chi connectivity index (χ1v) is 8.76. The minimum absolute atomic E-state index is 0.0706. The first-order valence-electron chi connectivity index (χ1n) is 8.76. The van der Waals surface area contributed by atoms with Crippen LogP contribution in [0.3, 0.4) is 0 Å². The molecule has 0 unspecified atom stereocenters. The van der Waals surface area contributed by atoms with Gasteiger partial charge in [-0.25, -0.2) is 0 Å². The van der Waals surface area contributed by atoms with Gasteiger partial charge in [-0.2, -0.15) is 5.10 Å². The number of ether oxygens (including phenoxy) is 2. The second-order valence-corrected chi connectivity index (χ2v) is 6.51. The van der Waals surface area contributed by atoms with Gasteiger partial charge in [0, 0.05) is 37.6 Å². The van der Waals surface area contributed by atoms with Crippen molar-refractivity contribution in [2.24, 2.45) is 5.92 Å². The first kappa shape index (κ1) is 16.2. The van der Waals surface area contributed by atoms with Crippen molar-refractivity contribution in [3.05, 3.63) is 42.4 Å². The molecular formula is C18H22N4O3. The van der Waals surface area contributed by atoms with Crippen LogP contribution in [0.1, 0.15) is 24.8 Å². The summed E-state index contributed by atoms with van der Waals surface area (Å²) >= 11 is 0. The lowest BCUT2D eigenvalue weighted by Gasteiger charge is -2.28. The van der Waals surface area contributed by atoms with Crippen molar-refractivity contribution >= 4 is 11.7 Å². The predicted octanol–water partition coefficient (Wildman–Crippen LogP) is 2.00. The Labute approximate surface area is 146 Å². The number of aromatic nitrogens is 3. The third-order valence-corrected chi connectivity index (χ3v) is 4.91. The molecule has 25 heavy (non-hydrogen) atoms. The van der Waals surface area contributed by atoms with Crippen LogP contribution >= 0.6 is 0 Å². The van der Waals surface area contributed by atoms with Gasteiger partial charge in [-0.15, -0.1) is 0 Å². The normalized spacial score (nSPS) is 21.7. The Morgan fingerprint density at radius 1 is 1.28 bits per heavy atom. The maximum atomic E-state index is 12.6. The van der Waals surface area contributed by atoms with Crippen molar-refractivity contribution in [1.29, 1.82) is 0 Å². The molecule has 1 spiro atoms. The summed E-state index contributed by atoms with van der Waals surface area (Å²) in [7, 11) is 0. The Kier molecular flexibility index (Phi) is 4.50. The van der Waals surface area contributed by atoms with Gasteiger partial charge in [0.05, 0.1) is 19.1 Å². The fourth-order valence-corrected chi connectivity index (χ4v) is 3.65. The zero-order valence-electron chi connectivity index (χ0n) is 14.1. The Morgan fingerprint density at radius 3 is 2.88 bits per heavy atom. The highest BCUT2D eigenvalue weighted by atomic mass is 16.7. The zero-order valence-corrected chi connectivity index (χ0v) is 14.1. The predicted molar refractivity (Wildman–Crippen MR) is 90.8 cm³/mol. The van der Waals surface area contributed by atoms with Crippen LogP contribution < -0.4 is 5.32 Å². The molecule has 3 heterocycles. The number of anilines is 1. The van der Waals surface area contributed by atoms with E-state index in [9.17, 15) is 4.79 Å². The second-order valence-electron chi connectivity index (χ2n) is 6.51. The summed E-state index contributed by atoms with van der Waals surface area (Å²) in [5.41, 5.74) is 1.21. The summed E-state index contributed by atoms with van der Waals surface area (Å²) in [6.07, 6.45) is 8.83. The molecule has 1 amide bonds. The van der Waals surface area contributed by atoms with Crippen molar-refractivity contribution in [1.82, 2.24) is 14.8 Å². The van der Waals surface area contributed by atoms with Crippen LogP contribution in [0.2, 0.25) is 0 Å². The van der Waals surface area contributed by atoms with E-state index in [0.29, 0.717) is 19.0 Å². The maximum absolute atomic E-state index is 12.6. The van der Waals surface area contributed by atoms with E-state index in [-0.39, 0.29) is 11.8 Å².